The zero-order chi connectivity index (χ0) is 16.9. The minimum absolute atomic E-state index is 0.233. The number of aromatic nitrogens is 4. The first-order valence-electron chi connectivity index (χ1n) is 7.06. The number of thiophene rings is 1. The molecule has 0 amide bonds. The molecule has 0 aromatic carbocycles. The average molecular weight is 337 g/mol. The highest BCUT2D eigenvalue weighted by molar-refractivity contribution is 7.13. The molecule has 120 valence electrons. The summed E-state index contributed by atoms with van der Waals surface area (Å²) >= 11 is 1.57. The molecule has 3 heterocycles. The van der Waals surface area contributed by atoms with Gasteiger partial charge in [0, 0.05) is 25.0 Å². The second-order valence-corrected chi connectivity index (χ2v) is 5.69. The maximum absolute atomic E-state index is 5.97. The molecule has 0 aliphatic heterocycles. The standard InChI is InChI=1S/C16H15N7S/c1-10(11-5-3-7-19-9-11)20-13(14(17)18-2)16-21-15(22-23-16)12-6-4-8-24-12/h3-9H,1H2,2H3,(H2,17,18)(H,21,22,23). The van der Waals surface area contributed by atoms with E-state index in [4.69, 9.17) is 5.73 Å². The van der Waals surface area contributed by atoms with Gasteiger partial charge in [-0.15, -0.1) is 11.3 Å². The summed E-state index contributed by atoms with van der Waals surface area (Å²) in [6.07, 6.45) is 3.36. The highest BCUT2D eigenvalue weighted by Crippen LogP contribution is 2.21. The van der Waals surface area contributed by atoms with Crippen LogP contribution in [0.25, 0.3) is 16.4 Å². The maximum atomic E-state index is 5.97. The molecular formula is C16H15N7S. The Hall–Kier alpha value is -3.13. The Labute approximate surface area is 142 Å². The normalized spacial score (nSPS) is 12.4. The first kappa shape index (κ1) is 15.8. The van der Waals surface area contributed by atoms with Crippen molar-refractivity contribution in [3.63, 3.8) is 0 Å². The third-order valence-corrected chi connectivity index (χ3v) is 4.05. The van der Waals surface area contributed by atoms with Gasteiger partial charge in [-0.3, -0.25) is 15.1 Å². The fraction of sp³-hybridized carbons (Fsp3) is 0.0625. The SMILES string of the molecule is C=C(N=C(C(N)=NC)c1n[nH]c(-c2cccs2)n1)c1cccnc1. The van der Waals surface area contributed by atoms with Crippen LogP contribution >= 0.6 is 11.3 Å². The molecule has 7 nitrogen and oxygen atoms in total. The highest BCUT2D eigenvalue weighted by Gasteiger charge is 2.16. The number of nitrogens with zero attached hydrogens (tertiary/aromatic N) is 5. The zero-order valence-corrected chi connectivity index (χ0v) is 13.8. The maximum Gasteiger partial charge on any atom is 0.203 e. The van der Waals surface area contributed by atoms with Gasteiger partial charge >= 0.3 is 0 Å². The quantitative estimate of drug-likeness (QED) is 0.551. The van der Waals surface area contributed by atoms with E-state index in [0.29, 0.717) is 23.1 Å². The monoisotopic (exact) mass is 337 g/mol. The van der Waals surface area contributed by atoms with Crippen molar-refractivity contribution in [3.8, 4) is 10.7 Å². The molecule has 0 aliphatic carbocycles. The molecule has 0 spiro atoms. The minimum Gasteiger partial charge on any atom is -0.382 e. The Morgan fingerprint density at radius 2 is 2.21 bits per heavy atom. The van der Waals surface area contributed by atoms with Gasteiger partial charge < -0.3 is 5.73 Å². The van der Waals surface area contributed by atoms with Crippen LogP contribution in [0.1, 0.15) is 11.4 Å². The van der Waals surface area contributed by atoms with Crippen LogP contribution in [0.5, 0.6) is 0 Å². The lowest BCUT2D eigenvalue weighted by Gasteiger charge is -2.04. The Morgan fingerprint density at radius 1 is 1.33 bits per heavy atom. The van der Waals surface area contributed by atoms with Gasteiger partial charge in [0.25, 0.3) is 0 Å². The molecule has 0 radical (unpaired) electrons. The van der Waals surface area contributed by atoms with Crippen LogP contribution in [0.3, 0.4) is 0 Å². The fourth-order valence-electron chi connectivity index (χ4n) is 1.95. The van der Waals surface area contributed by atoms with E-state index in [1.807, 2.05) is 29.6 Å². The van der Waals surface area contributed by atoms with Crippen LogP contribution in [0.15, 0.2) is 58.6 Å². The smallest absolute Gasteiger partial charge is 0.203 e. The Bertz CT molecular complexity index is 892. The van der Waals surface area contributed by atoms with Crippen LogP contribution in [-0.2, 0) is 0 Å². The first-order chi connectivity index (χ1) is 11.7. The van der Waals surface area contributed by atoms with Crippen molar-refractivity contribution in [2.75, 3.05) is 7.05 Å². The van der Waals surface area contributed by atoms with E-state index < -0.39 is 0 Å². The number of H-pyrrole nitrogens is 1. The summed E-state index contributed by atoms with van der Waals surface area (Å²) in [5.41, 5.74) is 7.63. The number of aromatic amines is 1. The molecular weight excluding hydrogens is 322 g/mol. The van der Waals surface area contributed by atoms with Gasteiger partial charge in [-0.1, -0.05) is 12.6 Å². The van der Waals surface area contributed by atoms with Crippen molar-refractivity contribution in [2.24, 2.45) is 15.7 Å². The summed E-state index contributed by atoms with van der Waals surface area (Å²) in [6.45, 7) is 3.96. The van der Waals surface area contributed by atoms with Gasteiger partial charge in [0.1, 0.15) is 5.84 Å². The predicted molar refractivity (Wildman–Crippen MR) is 97.1 cm³/mol. The fourth-order valence-corrected chi connectivity index (χ4v) is 2.62. The van der Waals surface area contributed by atoms with Crippen molar-refractivity contribution in [3.05, 3.63) is 60.0 Å². The molecule has 0 atom stereocenters. The summed E-state index contributed by atoms with van der Waals surface area (Å²) in [5, 5.41) is 9.08. The Balaban J connectivity index is 1.99. The minimum atomic E-state index is 0.233. The summed E-state index contributed by atoms with van der Waals surface area (Å²) in [5.74, 6) is 1.26. The van der Waals surface area contributed by atoms with E-state index in [0.717, 1.165) is 10.4 Å². The largest absolute Gasteiger partial charge is 0.382 e. The van der Waals surface area contributed by atoms with Crippen molar-refractivity contribution in [1.82, 2.24) is 20.2 Å². The highest BCUT2D eigenvalue weighted by atomic mass is 32.1. The van der Waals surface area contributed by atoms with Crippen LogP contribution in [-0.4, -0.2) is 38.8 Å². The van der Waals surface area contributed by atoms with Crippen molar-refractivity contribution in [1.29, 1.82) is 0 Å². The number of hydrogen-bond donors (Lipinski definition) is 2. The van der Waals surface area contributed by atoms with Crippen LogP contribution in [0, 0.1) is 0 Å². The molecule has 24 heavy (non-hydrogen) atoms. The van der Waals surface area contributed by atoms with Gasteiger partial charge in [-0.25, -0.2) is 9.98 Å². The third kappa shape index (κ3) is 3.28. The Kier molecular flexibility index (Phi) is 4.57. The topological polar surface area (TPSA) is 105 Å². The predicted octanol–water partition coefficient (Wildman–Crippen LogP) is 2.38. The molecule has 3 aromatic heterocycles. The second kappa shape index (κ2) is 6.97. The van der Waals surface area contributed by atoms with E-state index in [-0.39, 0.29) is 5.84 Å². The first-order valence-corrected chi connectivity index (χ1v) is 7.94. The van der Waals surface area contributed by atoms with Crippen LogP contribution in [0.4, 0.5) is 0 Å². The number of aliphatic imine (C=N–C) groups is 2. The number of nitrogens with two attached hydrogens (primary N) is 1. The molecule has 8 heteroatoms. The molecule has 0 bridgehead atoms. The summed E-state index contributed by atoms with van der Waals surface area (Å²) in [4.78, 5) is 18.0. The third-order valence-electron chi connectivity index (χ3n) is 3.18. The number of rotatable bonds is 5. The zero-order valence-electron chi connectivity index (χ0n) is 13.0. The lowest BCUT2D eigenvalue weighted by molar-refractivity contribution is 1.08. The van der Waals surface area contributed by atoms with E-state index in [9.17, 15) is 0 Å². The van der Waals surface area contributed by atoms with Crippen molar-refractivity contribution in [2.45, 2.75) is 0 Å². The van der Waals surface area contributed by atoms with Crippen molar-refractivity contribution < 1.29 is 0 Å². The molecule has 0 aliphatic rings. The summed E-state index contributed by atoms with van der Waals surface area (Å²) < 4.78 is 0. The van der Waals surface area contributed by atoms with Gasteiger partial charge in [0.15, 0.2) is 11.5 Å². The van der Waals surface area contributed by atoms with Gasteiger partial charge in [-0.05, 0) is 23.6 Å². The summed E-state index contributed by atoms with van der Waals surface area (Å²) in [7, 11) is 1.59. The molecule has 0 saturated carbocycles. The van der Waals surface area contributed by atoms with Gasteiger partial charge in [-0.2, -0.15) is 5.10 Å². The average Bonchev–Trinajstić information content (AvgIpc) is 3.30. The number of nitrogens with one attached hydrogen (secondary N) is 1. The molecule has 0 saturated heterocycles. The van der Waals surface area contributed by atoms with Gasteiger partial charge in [0.05, 0.1) is 10.6 Å². The van der Waals surface area contributed by atoms with E-state index in [1.54, 1.807) is 30.8 Å². The van der Waals surface area contributed by atoms with E-state index in [1.165, 1.54) is 0 Å². The van der Waals surface area contributed by atoms with Crippen LogP contribution in [0.2, 0.25) is 0 Å². The van der Waals surface area contributed by atoms with E-state index >= 15 is 0 Å². The number of hydrogen-bond acceptors (Lipinski definition) is 6. The molecule has 0 fully saturated rings. The lowest BCUT2D eigenvalue weighted by atomic mass is 10.2. The number of pyridine rings is 1. The number of amidine groups is 1. The van der Waals surface area contributed by atoms with E-state index in [2.05, 4.69) is 36.7 Å². The molecule has 3 rings (SSSR count). The Morgan fingerprint density at radius 3 is 2.88 bits per heavy atom. The van der Waals surface area contributed by atoms with Gasteiger partial charge in [0.2, 0.25) is 5.82 Å². The summed E-state index contributed by atoms with van der Waals surface area (Å²) in [6, 6.07) is 7.58. The molecule has 3 aromatic rings. The van der Waals surface area contributed by atoms with Crippen LogP contribution < -0.4 is 5.73 Å². The molecule has 3 N–H and O–H groups in total. The lowest BCUT2D eigenvalue weighted by Crippen LogP contribution is -2.26. The van der Waals surface area contributed by atoms with Crippen molar-refractivity contribution >= 4 is 28.6 Å². The second-order valence-electron chi connectivity index (χ2n) is 4.74. The molecule has 0 unspecified atom stereocenters.